The second-order valence-electron chi connectivity index (χ2n) is 4.75. The number of nitrogens with zero attached hydrogens (tertiary/aromatic N) is 1. The van der Waals surface area contributed by atoms with Crippen molar-refractivity contribution in [2.75, 3.05) is 13.1 Å². The van der Waals surface area contributed by atoms with Crippen LogP contribution in [0.15, 0.2) is 0 Å². The van der Waals surface area contributed by atoms with Crippen molar-refractivity contribution in [3.05, 3.63) is 0 Å². The molecule has 5 heteroatoms. The van der Waals surface area contributed by atoms with Crippen LogP contribution >= 0.6 is 0 Å². The van der Waals surface area contributed by atoms with Gasteiger partial charge in [-0.15, -0.1) is 0 Å². The predicted molar refractivity (Wildman–Crippen MR) is 53.5 cm³/mol. The lowest BCUT2D eigenvalue weighted by molar-refractivity contribution is -0.159. The van der Waals surface area contributed by atoms with E-state index in [1.54, 1.807) is 20.8 Å². The van der Waals surface area contributed by atoms with Gasteiger partial charge in [-0.3, -0.25) is 4.79 Å². The van der Waals surface area contributed by atoms with E-state index in [1.807, 2.05) is 0 Å². The van der Waals surface area contributed by atoms with Gasteiger partial charge in [0.05, 0.1) is 5.92 Å². The van der Waals surface area contributed by atoms with Crippen molar-refractivity contribution in [2.45, 2.75) is 32.8 Å². The molecule has 0 aromatic heterocycles. The minimum absolute atomic E-state index is 0.254. The zero-order chi connectivity index (χ0) is 11.6. The quantitative estimate of drug-likeness (QED) is 0.670. The second-order valence-corrected chi connectivity index (χ2v) is 4.75. The van der Waals surface area contributed by atoms with Crippen LogP contribution in [0.1, 0.15) is 27.2 Å². The molecule has 1 amide bonds. The largest absolute Gasteiger partial charge is 0.465 e. The molecule has 0 unspecified atom stereocenters. The summed E-state index contributed by atoms with van der Waals surface area (Å²) >= 11 is 0. The van der Waals surface area contributed by atoms with Crippen LogP contribution in [0.2, 0.25) is 0 Å². The first-order chi connectivity index (χ1) is 6.79. The summed E-state index contributed by atoms with van der Waals surface area (Å²) in [7, 11) is 0. The first-order valence-corrected chi connectivity index (χ1v) is 5.00. The molecule has 0 aliphatic carbocycles. The van der Waals surface area contributed by atoms with Crippen LogP contribution in [0.3, 0.4) is 0 Å². The van der Waals surface area contributed by atoms with Gasteiger partial charge in [0, 0.05) is 13.1 Å². The van der Waals surface area contributed by atoms with Gasteiger partial charge < -0.3 is 14.7 Å². The van der Waals surface area contributed by atoms with Crippen molar-refractivity contribution in [1.29, 1.82) is 0 Å². The Kier molecular flexibility index (Phi) is 3.21. The zero-order valence-electron chi connectivity index (χ0n) is 9.32. The number of ether oxygens (including phenoxy) is 1. The fourth-order valence-electron chi connectivity index (χ4n) is 1.51. The Bertz CT molecular complexity index is 269. The van der Waals surface area contributed by atoms with Gasteiger partial charge in [-0.1, -0.05) is 0 Å². The summed E-state index contributed by atoms with van der Waals surface area (Å²) in [5, 5.41) is 8.72. The van der Waals surface area contributed by atoms with E-state index in [9.17, 15) is 9.59 Å². The van der Waals surface area contributed by atoms with E-state index >= 15 is 0 Å². The Morgan fingerprint density at radius 3 is 2.40 bits per heavy atom. The van der Waals surface area contributed by atoms with Gasteiger partial charge >= 0.3 is 12.1 Å². The molecule has 0 bridgehead atoms. The van der Waals surface area contributed by atoms with E-state index < -0.39 is 11.7 Å². The van der Waals surface area contributed by atoms with Gasteiger partial charge in [0.1, 0.15) is 5.60 Å². The van der Waals surface area contributed by atoms with Crippen molar-refractivity contribution < 1.29 is 19.4 Å². The molecule has 0 saturated carbocycles. The maximum Gasteiger partial charge on any atom is 0.407 e. The van der Waals surface area contributed by atoms with E-state index in [4.69, 9.17) is 9.84 Å². The molecule has 1 N–H and O–H groups in total. The van der Waals surface area contributed by atoms with Crippen molar-refractivity contribution in [2.24, 2.45) is 5.92 Å². The standard InChI is InChI=1S/C10H17NO4/c1-10(2,3)15-8(12)7-4-5-11(6-7)9(13)14/h7H,4-6H2,1-3H3,(H,13,14)/t7-/m1/s1. The number of esters is 1. The molecule has 86 valence electrons. The molecular formula is C10H17NO4. The van der Waals surface area contributed by atoms with Crippen LogP contribution in [-0.2, 0) is 9.53 Å². The van der Waals surface area contributed by atoms with Crippen molar-refractivity contribution in [3.8, 4) is 0 Å². The van der Waals surface area contributed by atoms with E-state index in [0.29, 0.717) is 13.0 Å². The number of rotatable bonds is 1. The van der Waals surface area contributed by atoms with Gasteiger partial charge in [-0.2, -0.15) is 0 Å². The van der Waals surface area contributed by atoms with E-state index in [-0.39, 0.29) is 18.4 Å². The smallest absolute Gasteiger partial charge is 0.407 e. The summed E-state index contributed by atoms with van der Waals surface area (Å²) in [6.45, 7) is 6.07. The van der Waals surface area contributed by atoms with Crippen LogP contribution in [0, 0.1) is 5.92 Å². The van der Waals surface area contributed by atoms with E-state index in [0.717, 1.165) is 0 Å². The van der Waals surface area contributed by atoms with E-state index in [1.165, 1.54) is 4.90 Å². The maximum atomic E-state index is 11.6. The number of carboxylic acid groups (broad SMARTS) is 1. The number of hydrogen-bond donors (Lipinski definition) is 1. The third-order valence-corrected chi connectivity index (χ3v) is 2.20. The fraction of sp³-hybridized carbons (Fsp3) is 0.800. The molecule has 15 heavy (non-hydrogen) atoms. The normalized spacial score (nSPS) is 21.5. The van der Waals surface area contributed by atoms with Crippen LogP contribution in [0.5, 0.6) is 0 Å². The first-order valence-electron chi connectivity index (χ1n) is 5.00. The average Bonchev–Trinajstić information content (AvgIpc) is 2.47. The fourth-order valence-corrected chi connectivity index (χ4v) is 1.51. The van der Waals surface area contributed by atoms with E-state index in [2.05, 4.69) is 0 Å². The Hall–Kier alpha value is -1.26. The van der Waals surface area contributed by atoms with Crippen molar-refractivity contribution >= 4 is 12.1 Å². The van der Waals surface area contributed by atoms with Crippen LogP contribution in [-0.4, -0.2) is 40.8 Å². The molecule has 0 radical (unpaired) electrons. The molecule has 1 heterocycles. The summed E-state index contributed by atoms with van der Waals surface area (Å²) in [6.07, 6.45) is -0.414. The average molecular weight is 215 g/mol. The maximum absolute atomic E-state index is 11.6. The molecular weight excluding hydrogens is 198 g/mol. The summed E-state index contributed by atoms with van der Waals surface area (Å²) in [5.74, 6) is -0.605. The van der Waals surface area contributed by atoms with Gasteiger partial charge in [-0.05, 0) is 27.2 Å². The van der Waals surface area contributed by atoms with Crippen LogP contribution in [0.4, 0.5) is 4.79 Å². The Labute approximate surface area is 89.0 Å². The SMILES string of the molecule is CC(C)(C)OC(=O)[C@@H]1CCN(C(=O)O)C1. The van der Waals surface area contributed by atoms with Crippen molar-refractivity contribution in [3.63, 3.8) is 0 Å². The number of hydrogen-bond acceptors (Lipinski definition) is 3. The number of carbonyl (C=O) groups is 2. The topological polar surface area (TPSA) is 66.8 Å². The summed E-state index contributed by atoms with van der Waals surface area (Å²) in [5.41, 5.74) is -0.506. The monoisotopic (exact) mass is 215 g/mol. The summed E-state index contributed by atoms with van der Waals surface area (Å²) < 4.78 is 5.19. The highest BCUT2D eigenvalue weighted by Crippen LogP contribution is 2.20. The third kappa shape index (κ3) is 3.42. The number of carbonyl (C=O) groups excluding carboxylic acids is 1. The molecule has 1 fully saturated rings. The Morgan fingerprint density at radius 2 is 2.00 bits per heavy atom. The predicted octanol–water partition coefficient (Wildman–Crippen LogP) is 1.33. The first kappa shape index (κ1) is 11.8. The molecule has 1 aliphatic rings. The molecule has 0 aromatic rings. The van der Waals surface area contributed by atoms with Gasteiger partial charge in [0.2, 0.25) is 0 Å². The lowest BCUT2D eigenvalue weighted by Crippen LogP contribution is -2.32. The highest BCUT2D eigenvalue weighted by molar-refractivity contribution is 5.75. The molecule has 1 saturated heterocycles. The van der Waals surface area contributed by atoms with Gasteiger partial charge in [0.15, 0.2) is 0 Å². The lowest BCUT2D eigenvalue weighted by atomic mass is 10.1. The Morgan fingerprint density at radius 1 is 1.40 bits per heavy atom. The minimum atomic E-state index is -0.971. The second kappa shape index (κ2) is 4.08. The summed E-state index contributed by atoms with van der Waals surface area (Å²) in [6, 6.07) is 0. The zero-order valence-corrected chi connectivity index (χ0v) is 9.32. The van der Waals surface area contributed by atoms with Gasteiger partial charge in [-0.25, -0.2) is 4.79 Å². The highest BCUT2D eigenvalue weighted by atomic mass is 16.6. The molecule has 1 aliphatic heterocycles. The molecule has 1 rings (SSSR count). The Balaban J connectivity index is 2.47. The molecule has 0 spiro atoms. The van der Waals surface area contributed by atoms with Crippen molar-refractivity contribution in [1.82, 2.24) is 4.90 Å². The van der Waals surface area contributed by atoms with Gasteiger partial charge in [0.25, 0.3) is 0 Å². The highest BCUT2D eigenvalue weighted by Gasteiger charge is 2.33. The lowest BCUT2D eigenvalue weighted by Gasteiger charge is -2.21. The third-order valence-electron chi connectivity index (χ3n) is 2.20. The minimum Gasteiger partial charge on any atom is -0.465 e. The number of amides is 1. The summed E-state index contributed by atoms with van der Waals surface area (Å²) in [4.78, 5) is 23.5. The number of likely N-dealkylation sites (tertiary alicyclic amines) is 1. The van der Waals surface area contributed by atoms with Crippen LogP contribution < -0.4 is 0 Å². The molecule has 0 aromatic carbocycles. The molecule has 1 atom stereocenters. The van der Waals surface area contributed by atoms with Crippen LogP contribution in [0.25, 0.3) is 0 Å². The molecule has 5 nitrogen and oxygen atoms in total.